The Kier molecular flexibility index (Phi) is 4.23. The molecule has 1 aliphatic carbocycles. The molecule has 0 radical (unpaired) electrons. The highest BCUT2D eigenvalue weighted by atomic mass is 79.9. The number of hydrogen-bond donors (Lipinski definition) is 1. The Hall–Kier alpha value is -0.810. The predicted octanol–water partition coefficient (Wildman–Crippen LogP) is 4.50. The van der Waals surface area contributed by atoms with E-state index in [0.717, 1.165) is 12.5 Å². The van der Waals surface area contributed by atoms with Gasteiger partial charge in [0.1, 0.15) is 0 Å². The van der Waals surface area contributed by atoms with Gasteiger partial charge in [0, 0.05) is 23.3 Å². The van der Waals surface area contributed by atoms with Crippen molar-refractivity contribution in [2.45, 2.75) is 44.7 Å². The lowest BCUT2D eigenvalue weighted by atomic mass is 9.96. The molecule has 0 aliphatic heterocycles. The lowest BCUT2D eigenvalue weighted by Crippen LogP contribution is -2.24. The third kappa shape index (κ3) is 3.39. The SMILES string of the molecule is Brc1ccc(Cn2ccnc2NC2CCCCC2)s1. The molecule has 0 amide bonds. The smallest absolute Gasteiger partial charge is 0.203 e. The molecule has 2 aromatic heterocycles. The number of thiophene rings is 1. The molecule has 19 heavy (non-hydrogen) atoms. The number of imidazole rings is 1. The fourth-order valence-electron chi connectivity index (χ4n) is 2.61. The van der Waals surface area contributed by atoms with Gasteiger partial charge in [-0.25, -0.2) is 4.98 Å². The number of anilines is 1. The molecule has 0 spiro atoms. The van der Waals surface area contributed by atoms with E-state index in [9.17, 15) is 0 Å². The molecule has 1 aliphatic rings. The average molecular weight is 340 g/mol. The molecule has 0 unspecified atom stereocenters. The van der Waals surface area contributed by atoms with Gasteiger partial charge in [-0.15, -0.1) is 11.3 Å². The van der Waals surface area contributed by atoms with Gasteiger partial charge < -0.3 is 9.88 Å². The van der Waals surface area contributed by atoms with Crippen molar-refractivity contribution in [2.75, 3.05) is 5.32 Å². The van der Waals surface area contributed by atoms with Crippen molar-refractivity contribution in [1.82, 2.24) is 9.55 Å². The van der Waals surface area contributed by atoms with Crippen LogP contribution in [0.3, 0.4) is 0 Å². The molecule has 1 fully saturated rings. The number of halogens is 1. The zero-order chi connectivity index (χ0) is 13.1. The quantitative estimate of drug-likeness (QED) is 0.888. The van der Waals surface area contributed by atoms with E-state index in [4.69, 9.17) is 0 Å². The molecular weight excluding hydrogens is 322 g/mol. The minimum Gasteiger partial charge on any atom is -0.353 e. The minimum atomic E-state index is 0.602. The average Bonchev–Trinajstić information content (AvgIpc) is 3.01. The van der Waals surface area contributed by atoms with Crippen molar-refractivity contribution in [3.05, 3.63) is 33.2 Å². The Morgan fingerprint density at radius 1 is 1.32 bits per heavy atom. The Bertz CT molecular complexity index is 528. The van der Waals surface area contributed by atoms with Gasteiger partial charge in [-0.05, 0) is 40.9 Å². The maximum absolute atomic E-state index is 4.46. The molecular formula is C14H18BrN3S. The van der Waals surface area contributed by atoms with Crippen LogP contribution in [-0.2, 0) is 6.54 Å². The van der Waals surface area contributed by atoms with Crippen molar-refractivity contribution >= 4 is 33.2 Å². The van der Waals surface area contributed by atoms with Crippen LogP contribution in [0.2, 0.25) is 0 Å². The highest BCUT2D eigenvalue weighted by Gasteiger charge is 2.15. The van der Waals surface area contributed by atoms with Crippen LogP contribution in [0, 0.1) is 0 Å². The van der Waals surface area contributed by atoms with Crippen molar-refractivity contribution < 1.29 is 0 Å². The molecule has 3 rings (SSSR count). The first kappa shape index (κ1) is 13.2. The first-order chi connectivity index (χ1) is 9.31. The van der Waals surface area contributed by atoms with Crippen molar-refractivity contribution in [3.8, 4) is 0 Å². The zero-order valence-electron chi connectivity index (χ0n) is 10.8. The summed E-state index contributed by atoms with van der Waals surface area (Å²) in [4.78, 5) is 5.80. The third-order valence-electron chi connectivity index (χ3n) is 3.61. The van der Waals surface area contributed by atoms with Crippen LogP contribution in [0.1, 0.15) is 37.0 Å². The molecule has 0 saturated heterocycles. The van der Waals surface area contributed by atoms with Gasteiger partial charge in [-0.2, -0.15) is 0 Å². The van der Waals surface area contributed by atoms with Crippen LogP contribution >= 0.6 is 27.3 Å². The van der Waals surface area contributed by atoms with Gasteiger partial charge in [-0.1, -0.05) is 19.3 Å². The van der Waals surface area contributed by atoms with E-state index < -0.39 is 0 Å². The third-order valence-corrected chi connectivity index (χ3v) is 5.22. The van der Waals surface area contributed by atoms with Crippen LogP contribution in [0.5, 0.6) is 0 Å². The van der Waals surface area contributed by atoms with Crippen molar-refractivity contribution in [2.24, 2.45) is 0 Å². The zero-order valence-corrected chi connectivity index (χ0v) is 13.2. The highest BCUT2D eigenvalue weighted by molar-refractivity contribution is 9.11. The number of aromatic nitrogens is 2. The molecule has 1 saturated carbocycles. The standard InChI is InChI=1S/C14H18BrN3S/c15-13-7-6-12(19-13)10-18-9-8-16-14(18)17-11-4-2-1-3-5-11/h6-9,11H,1-5,10H2,(H,16,17). The number of nitrogens with one attached hydrogen (secondary N) is 1. The summed E-state index contributed by atoms with van der Waals surface area (Å²) in [5.41, 5.74) is 0. The van der Waals surface area contributed by atoms with Gasteiger partial charge >= 0.3 is 0 Å². The molecule has 2 aromatic rings. The summed E-state index contributed by atoms with van der Waals surface area (Å²) in [6, 6.07) is 4.87. The first-order valence-electron chi connectivity index (χ1n) is 6.83. The molecule has 3 nitrogen and oxygen atoms in total. The maximum Gasteiger partial charge on any atom is 0.203 e. The molecule has 0 atom stereocenters. The number of nitrogens with zero attached hydrogens (tertiary/aromatic N) is 2. The number of rotatable bonds is 4. The van der Waals surface area contributed by atoms with Crippen LogP contribution in [-0.4, -0.2) is 15.6 Å². The summed E-state index contributed by atoms with van der Waals surface area (Å²) in [7, 11) is 0. The second-order valence-corrected chi connectivity index (χ2v) is 7.61. The van der Waals surface area contributed by atoms with Gasteiger partial charge in [0.05, 0.1) is 10.3 Å². The summed E-state index contributed by atoms with van der Waals surface area (Å²) in [6.07, 6.45) is 10.6. The Morgan fingerprint density at radius 3 is 2.89 bits per heavy atom. The normalized spacial score (nSPS) is 16.7. The number of hydrogen-bond acceptors (Lipinski definition) is 3. The summed E-state index contributed by atoms with van der Waals surface area (Å²) in [6.45, 7) is 0.894. The minimum absolute atomic E-state index is 0.602. The van der Waals surface area contributed by atoms with Crippen molar-refractivity contribution in [3.63, 3.8) is 0 Å². The summed E-state index contributed by atoms with van der Waals surface area (Å²) in [5, 5.41) is 3.60. The molecule has 0 bridgehead atoms. The largest absolute Gasteiger partial charge is 0.353 e. The van der Waals surface area contributed by atoms with E-state index in [-0.39, 0.29) is 0 Å². The molecule has 5 heteroatoms. The first-order valence-corrected chi connectivity index (χ1v) is 8.44. The molecule has 2 heterocycles. The van der Waals surface area contributed by atoms with E-state index >= 15 is 0 Å². The summed E-state index contributed by atoms with van der Waals surface area (Å²) in [5.74, 6) is 1.01. The maximum atomic E-state index is 4.46. The monoisotopic (exact) mass is 339 g/mol. The Balaban J connectivity index is 1.67. The van der Waals surface area contributed by atoms with E-state index in [1.54, 1.807) is 11.3 Å². The van der Waals surface area contributed by atoms with Crippen LogP contribution in [0.25, 0.3) is 0 Å². The fourth-order valence-corrected chi connectivity index (χ4v) is 4.09. The lowest BCUT2D eigenvalue weighted by molar-refractivity contribution is 0.459. The van der Waals surface area contributed by atoms with Crippen LogP contribution in [0.15, 0.2) is 28.3 Å². The summed E-state index contributed by atoms with van der Waals surface area (Å²) >= 11 is 5.29. The predicted molar refractivity (Wildman–Crippen MR) is 83.8 cm³/mol. The van der Waals surface area contributed by atoms with E-state index in [1.807, 2.05) is 6.20 Å². The Labute approximate surface area is 126 Å². The molecule has 0 aromatic carbocycles. The van der Waals surface area contributed by atoms with E-state index in [0.29, 0.717) is 6.04 Å². The van der Waals surface area contributed by atoms with Gasteiger partial charge in [-0.3, -0.25) is 0 Å². The molecule has 102 valence electrons. The molecule has 1 N–H and O–H groups in total. The second-order valence-electron chi connectivity index (χ2n) is 5.06. The topological polar surface area (TPSA) is 29.9 Å². The van der Waals surface area contributed by atoms with Gasteiger partial charge in [0.15, 0.2) is 0 Å². The van der Waals surface area contributed by atoms with Gasteiger partial charge in [0.2, 0.25) is 5.95 Å². The summed E-state index contributed by atoms with van der Waals surface area (Å²) < 4.78 is 3.39. The van der Waals surface area contributed by atoms with Gasteiger partial charge in [0.25, 0.3) is 0 Å². The van der Waals surface area contributed by atoms with Crippen LogP contribution in [0.4, 0.5) is 5.95 Å². The van der Waals surface area contributed by atoms with Crippen molar-refractivity contribution in [1.29, 1.82) is 0 Å². The lowest BCUT2D eigenvalue weighted by Gasteiger charge is -2.23. The van der Waals surface area contributed by atoms with Crippen LogP contribution < -0.4 is 5.32 Å². The second kappa shape index (κ2) is 6.09. The fraction of sp³-hybridized carbons (Fsp3) is 0.500. The Morgan fingerprint density at radius 2 is 2.16 bits per heavy atom. The van der Waals surface area contributed by atoms with E-state index in [2.05, 4.69) is 49.1 Å². The highest BCUT2D eigenvalue weighted by Crippen LogP contribution is 2.25. The van der Waals surface area contributed by atoms with E-state index in [1.165, 1.54) is 40.8 Å².